The molecule has 3 aromatic rings. The first-order chi connectivity index (χ1) is 11.1. The Balaban J connectivity index is 1.77. The van der Waals surface area contributed by atoms with Crippen LogP contribution in [0, 0.1) is 25.2 Å². The number of hydrogen-bond acceptors (Lipinski definition) is 2. The van der Waals surface area contributed by atoms with Gasteiger partial charge in [0.15, 0.2) is 0 Å². The summed E-state index contributed by atoms with van der Waals surface area (Å²) in [6, 6.07) is 14.4. The van der Waals surface area contributed by atoms with Gasteiger partial charge in [0, 0.05) is 21.6 Å². The summed E-state index contributed by atoms with van der Waals surface area (Å²) in [4.78, 5) is 0. The number of nitriles is 1. The van der Waals surface area contributed by atoms with Crippen LogP contribution in [0.25, 0.3) is 10.9 Å². The Morgan fingerprint density at radius 1 is 1.13 bits per heavy atom. The molecule has 2 aromatic carbocycles. The molecule has 0 unspecified atom stereocenters. The fourth-order valence-electron chi connectivity index (χ4n) is 2.61. The summed E-state index contributed by atoms with van der Waals surface area (Å²) in [7, 11) is 0. The van der Waals surface area contributed by atoms with Gasteiger partial charge in [-0.3, -0.25) is 0 Å². The van der Waals surface area contributed by atoms with Crippen molar-refractivity contribution in [2.45, 2.75) is 20.4 Å². The first-order valence-electron chi connectivity index (χ1n) is 7.47. The smallest absolute Gasteiger partial charge is 0.119 e. The van der Waals surface area contributed by atoms with E-state index >= 15 is 0 Å². The van der Waals surface area contributed by atoms with Gasteiger partial charge in [0.1, 0.15) is 18.4 Å². The molecule has 0 spiro atoms. The minimum absolute atomic E-state index is 0.563. The zero-order valence-electron chi connectivity index (χ0n) is 13.1. The molecule has 23 heavy (non-hydrogen) atoms. The van der Waals surface area contributed by atoms with Crippen LogP contribution in [-0.4, -0.2) is 11.2 Å². The largest absolute Gasteiger partial charge is 0.492 e. The van der Waals surface area contributed by atoms with E-state index < -0.39 is 0 Å². The van der Waals surface area contributed by atoms with E-state index in [0.29, 0.717) is 18.7 Å². The van der Waals surface area contributed by atoms with Gasteiger partial charge in [-0.05, 0) is 55.3 Å². The molecule has 0 aliphatic rings. The van der Waals surface area contributed by atoms with Crippen LogP contribution in [0.3, 0.4) is 0 Å². The van der Waals surface area contributed by atoms with E-state index in [2.05, 4.69) is 52.5 Å². The monoisotopic (exact) mass is 368 g/mol. The van der Waals surface area contributed by atoms with E-state index in [1.807, 2.05) is 30.5 Å². The SMILES string of the molecule is Cc1ccc(OCCn2cc(C#N)c3cc(Br)ccc32)cc1C. The molecule has 3 nitrogen and oxygen atoms in total. The minimum atomic E-state index is 0.563. The highest BCUT2D eigenvalue weighted by atomic mass is 79.9. The molecule has 0 saturated heterocycles. The molecule has 1 heterocycles. The zero-order valence-corrected chi connectivity index (χ0v) is 14.7. The predicted octanol–water partition coefficient (Wildman–Crippen LogP) is 4.97. The van der Waals surface area contributed by atoms with Gasteiger partial charge in [-0.1, -0.05) is 22.0 Å². The van der Waals surface area contributed by atoms with E-state index in [4.69, 9.17) is 4.74 Å². The average molecular weight is 369 g/mol. The van der Waals surface area contributed by atoms with E-state index in [1.165, 1.54) is 11.1 Å². The molecule has 0 aliphatic heterocycles. The van der Waals surface area contributed by atoms with Crippen LogP contribution >= 0.6 is 15.9 Å². The average Bonchev–Trinajstić information content (AvgIpc) is 2.88. The Morgan fingerprint density at radius 2 is 1.96 bits per heavy atom. The number of fused-ring (bicyclic) bond motifs is 1. The summed E-state index contributed by atoms with van der Waals surface area (Å²) < 4.78 is 8.90. The molecule has 0 atom stereocenters. The molecular weight excluding hydrogens is 352 g/mol. The quantitative estimate of drug-likeness (QED) is 0.651. The van der Waals surface area contributed by atoms with Gasteiger partial charge in [0.25, 0.3) is 0 Å². The Kier molecular flexibility index (Phi) is 4.40. The first kappa shape index (κ1) is 15.6. The lowest BCUT2D eigenvalue weighted by molar-refractivity contribution is 0.300. The Hall–Kier alpha value is -2.25. The second-order valence-corrected chi connectivity index (χ2v) is 6.52. The fraction of sp³-hybridized carbons (Fsp3) is 0.211. The first-order valence-corrected chi connectivity index (χ1v) is 8.26. The molecule has 4 heteroatoms. The van der Waals surface area contributed by atoms with Gasteiger partial charge >= 0.3 is 0 Å². The Morgan fingerprint density at radius 3 is 2.70 bits per heavy atom. The molecule has 0 aliphatic carbocycles. The molecule has 0 fully saturated rings. The summed E-state index contributed by atoms with van der Waals surface area (Å²) in [5.74, 6) is 0.882. The number of aromatic nitrogens is 1. The van der Waals surface area contributed by atoms with Crippen LogP contribution in [-0.2, 0) is 6.54 Å². The number of rotatable bonds is 4. The summed E-state index contributed by atoms with van der Waals surface area (Å²) in [6.07, 6.45) is 1.89. The lowest BCUT2D eigenvalue weighted by Gasteiger charge is -2.10. The van der Waals surface area contributed by atoms with Crippen molar-refractivity contribution in [3.05, 3.63) is 63.8 Å². The highest BCUT2D eigenvalue weighted by molar-refractivity contribution is 9.10. The maximum absolute atomic E-state index is 9.29. The molecule has 0 saturated carbocycles. The van der Waals surface area contributed by atoms with E-state index in [9.17, 15) is 5.26 Å². The molecular formula is C19H17BrN2O. The van der Waals surface area contributed by atoms with E-state index in [-0.39, 0.29) is 0 Å². The number of hydrogen-bond donors (Lipinski definition) is 0. The van der Waals surface area contributed by atoms with Crippen molar-refractivity contribution in [3.8, 4) is 11.8 Å². The number of nitrogens with zero attached hydrogens (tertiary/aromatic N) is 2. The van der Waals surface area contributed by atoms with Crippen LogP contribution in [0.4, 0.5) is 0 Å². The summed E-state index contributed by atoms with van der Waals surface area (Å²) in [5.41, 5.74) is 4.23. The normalized spacial score (nSPS) is 10.7. The van der Waals surface area contributed by atoms with Crippen molar-refractivity contribution in [1.29, 1.82) is 5.26 Å². The maximum atomic E-state index is 9.29. The zero-order chi connectivity index (χ0) is 16.4. The Labute approximate surface area is 144 Å². The topological polar surface area (TPSA) is 38.0 Å². The molecule has 0 N–H and O–H groups in total. The van der Waals surface area contributed by atoms with Gasteiger partial charge in [-0.2, -0.15) is 5.26 Å². The number of halogens is 1. The van der Waals surface area contributed by atoms with E-state index in [0.717, 1.165) is 21.1 Å². The highest BCUT2D eigenvalue weighted by Crippen LogP contribution is 2.25. The molecule has 1 aromatic heterocycles. The van der Waals surface area contributed by atoms with Crippen LogP contribution < -0.4 is 4.74 Å². The molecule has 0 amide bonds. The Bertz CT molecular complexity index is 906. The van der Waals surface area contributed by atoms with Crippen molar-refractivity contribution in [2.75, 3.05) is 6.61 Å². The second-order valence-electron chi connectivity index (χ2n) is 5.60. The number of benzene rings is 2. The van der Waals surface area contributed by atoms with Crippen molar-refractivity contribution in [1.82, 2.24) is 4.57 Å². The van der Waals surface area contributed by atoms with Crippen LogP contribution in [0.15, 0.2) is 47.1 Å². The van der Waals surface area contributed by atoms with Gasteiger partial charge in [-0.25, -0.2) is 0 Å². The van der Waals surface area contributed by atoms with Gasteiger partial charge in [0.2, 0.25) is 0 Å². The summed E-state index contributed by atoms with van der Waals surface area (Å²) in [6.45, 7) is 5.44. The van der Waals surface area contributed by atoms with Crippen molar-refractivity contribution in [2.24, 2.45) is 0 Å². The second kappa shape index (κ2) is 6.47. The number of ether oxygens (including phenoxy) is 1. The van der Waals surface area contributed by atoms with Gasteiger partial charge in [-0.15, -0.1) is 0 Å². The van der Waals surface area contributed by atoms with E-state index in [1.54, 1.807) is 0 Å². The lowest BCUT2D eigenvalue weighted by atomic mass is 10.1. The lowest BCUT2D eigenvalue weighted by Crippen LogP contribution is -2.07. The molecule has 3 rings (SSSR count). The molecule has 0 radical (unpaired) electrons. The fourth-order valence-corrected chi connectivity index (χ4v) is 2.97. The highest BCUT2D eigenvalue weighted by Gasteiger charge is 2.08. The third-order valence-electron chi connectivity index (χ3n) is 4.04. The standard InChI is InChI=1S/C19H17BrN2O/c1-13-3-5-17(9-14(13)2)23-8-7-22-12-15(11-21)18-10-16(20)4-6-19(18)22/h3-6,9-10,12H,7-8H2,1-2H3. The van der Waals surface area contributed by atoms with Gasteiger partial charge < -0.3 is 9.30 Å². The van der Waals surface area contributed by atoms with Crippen molar-refractivity contribution < 1.29 is 4.74 Å². The minimum Gasteiger partial charge on any atom is -0.492 e. The van der Waals surface area contributed by atoms with Crippen LogP contribution in [0.2, 0.25) is 0 Å². The van der Waals surface area contributed by atoms with Crippen LogP contribution in [0.5, 0.6) is 5.75 Å². The molecule has 116 valence electrons. The summed E-state index contributed by atoms with van der Waals surface area (Å²) in [5, 5.41) is 10.3. The number of aryl methyl sites for hydroxylation is 2. The summed E-state index contributed by atoms with van der Waals surface area (Å²) >= 11 is 3.46. The predicted molar refractivity (Wildman–Crippen MR) is 95.8 cm³/mol. The van der Waals surface area contributed by atoms with Crippen molar-refractivity contribution >= 4 is 26.8 Å². The van der Waals surface area contributed by atoms with Crippen molar-refractivity contribution in [3.63, 3.8) is 0 Å². The molecule has 0 bridgehead atoms. The third-order valence-corrected chi connectivity index (χ3v) is 4.54. The maximum Gasteiger partial charge on any atom is 0.119 e. The van der Waals surface area contributed by atoms with Gasteiger partial charge in [0.05, 0.1) is 12.1 Å². The third kappa shape index (κ3) is 3.25. The van der Waals surface area contributed by atoms with Crippen LogP contribution in [0.1, 0.15) is 16.7 Å².